The lowest BCUT2D eigenvalue weighted by Gasteiger charge is -2.37. The number of nitrogens with one attached hydrogen (secondary N) is 1. The van der Waals surface area contributed by atoms with E-state index in [-0.39, 0.29) is 17.7 Å². The number of aromatic nitrogens is 1. The maximum absolute atomic E-state index is 12.9. The van der Waals surface area contributed by atoms with Crippen molar-refractivity contribution in [3.8, 4) is 17.3 Å². The zero-order chi connectivity index (χ0) is 18.7. The van der Waals surface area contributed by atoms with Crippen LogP contribution in [0.1, 0.15) is 29.8 Å². The van der Waals surface area contributed by atoms with Crippen molar-refractivity contribution in [2.75, 3.05) is 13.1 Å². The number of piperazine rings is 1. The second kappa shape index (κ2) is 7.36. The molecular formula is C20H20N4O2. The SMILES string of the molecule is CC(C)[C@H]1C(=O)NCCN1C(=O)c1ccc(-c2cc(C#N)ccn2)cc1. The molecule has 6 nitrogen and oxygen atoms in total. The van der Waals surface area contributed by atoms with E-state index in [4.69, 9.17) is 5.26 Å². The first-order valence-electron chi connectivity index (χ1n) is 8.56. The summed E-state index contributed by atoms with van der Waals surface area (Å²) in [4.78, 5) is 31.0. The first kappa shape index (κ1) is 17.6. The summed E-state index contributed by atoms with van der Waals surface area (Å²) < 4.78 is 0. The summed E-state index contributed by atoms with van der Waals surface area (Å²) in [5, 5.41) is 11.8. The molecule has 1 atom stereocenters. The first-order chi connectivity index (χ1) is 12.5. The van der Waals surface area contributed by atoms with Gasteiger partial charge in [0, 0.05) is 30.4 Å². The predicted molar refractivity (Wildman–Crippen MR) is 97.1 cm³/mol. The Hall–Kier alpha value is -3.20. The Bertz CT molecular complexity index is 868. The fraction of sp³-hybridized carbons (Fsp3) is 0.300. The van der Waals surface area contributed by atoms with Crippen molar-refractivity contribution < 1.29 is 9.59 Å². The van der Waals surface area contributed by atoms with Gasteiger partial charge in [0.25, 0.3) is 5.91 Å². The molecule has 0 unspecified atom stereocenters. The molecule has 2 amide bonds. The second-order valence-electron chi connectivity index (χ2n) is 6.60. The molecule has 0 radical (unpaired) electrons. The van der Waals surface area contributed by atoms with Crippen LogP contribution in [0.4, 0.5) is 0 Å². The maximum Gasteiger partial charge on any atom is 0.254 e. The number of amides is 2. The number of carbonyl (C=O) groups is 2. The largest absolute Gasteiger partial charge is 0.353 e. The monoisotopic (exact) mass is 348 g/mol. The summed E-state index contributed by atoms with van der Waals surface area (Å²) >= 11 is 0. The minimum Gasteiger partial charge on any atom is -0.353 e. The molecule has 132 valence electrons. The topological polar surface area (TPSA) is 86.1 Å². The molecule has 0 saturated carbocycles. The first-order valence-corrected chi connectivity index (χ1v) is 8.56. The van der Waals surface area contributed by atoms with Crippen molar-refractivity contribution in [1.29, 1.82) is 5.26 Å². The summed E-state index contributed by atoms with van der Waals surface area (Å²) in [6.45, 7) is 4.84. The third kappa shape index (κ3) is 3.42. The molecule has 1 aromatic heterocycles. The minimum absolute atomic E-state index is 0.0384. The molecule has 1 aromatic carbocycles. The average Bonchev–Trinajstić information content (AvgIpc) is 2.67. The lowest BCUT2D eigenvalue weighted by molar-refractivity contribution is -0.129. The number of hydrogen-bond donors (Lipinski definition) is 1. The molecule has 3 rings (SSSR count). The van der Waals surface area contributed by atoms with E-state index in [9.17, 15) is 9.59 Å². The van der Waals surface area contributed by atoms with Gasteiger partial charge in [0.05, 0.1) is 17.3 Å². The molecule has 0 aliphatic carbocycles. The number of nitrogens with zero attached hydrogens (tertiary/aromatic N) is 3. The summed E-state index contributed by atoms with van der Waals surface area (Å²) in [5.74, 6) is -0.214. The number of nitriles is 1. The van der Waals surface area contributed by atoms with Crippen molar-refractivity contribution in [1.82, 2.24) is 15.2 Å². The Balaban J connectivity index is 1.84. The van der Waals surface area contributed by atoms with Crippen molar-refractivity contribution in [3.05, 3.63) is 53.7 Å². The fourth-order valence-electron chi connectivity index (χ4n) is 3.18. The van der Waals surface area contributed by atoms with Crippen LogP contribution in [0.3, 0.4) is 0 Å². The van der Waals surface area contributed by atoms with Crippen LogP contribution >= 0.6 is 0 Å². The molecule has 0 spiro atoms. The average molecular weight is 348 g/mol. The van der Waals surface area contributed by atoms with Gasteiger partial charge in [0.1, 0.15) is 6.04 Å². The molecule has 1 aliphatic heterocycles. The van der Waals surface area contributed by atoms with Gasteiger partial charge in [-0.2, -0.15) is 5.26 Å². The van der Waals surface area contributed by atoms with Crippen molar-refractivity contribution >= 4 is 11.8 Å². The highest BCUT2D eigenvalue weighted by Gasteiger charge is 2.35. The molecule has 26 heavy (non-hydrogen) atoms. The highest BCUT2D eigenvalue weighted by Crippen LogP contribution is 2.21. The van der Waals surface area contributed by atoms with Crippen LogP contribution in [0.2, 0.25) is 0 Å². The maximum atomic E-state index is 12.9. The van der Waals surface area contributed by atoms with Gasteiger partial charge < -0.3 is 10.2 Å². The van der Waals surface area contributed by atoms with Crippen LogP contribution in [0.15, 0.2) is 42.6 Å². The Morgan fingerprint density at radius 1 is 1.31 bits per heavy atom. The highest BCUT2D eigenvalue weighted by molar-refractivity contribution is 5.98. The molecule has 1 fully saturated rings. The molecule has 2 heterocycles. The minimum atomic E-state index is -0.454. The summed E-state index contributed by atoms with van der Waals surface area (Å²) in [5.41, 5.74) is 2.58. The van der Waals surface area contributed by atoms with E-state index < -0.39 is 6.04 Å². The normalized spacial score (nSPS) is 16.9. The summed E-state index contributed by atoms with van der Waals surface area (Å²) in [6, 6.07) is 12.1. The molecule has 1 saturated heterocycles. The Labute approximate surface area is 152 Å². The van der Waals surface area contributed by atoms with Crippen LogP contribution in [0.5, 0.6) is 0 Å². The summed E-state index contributed by atoms with van der Waals surface area (Å²) in [6.07, 6.45) is 1.59. The van der Waals surface area contributed by atoms with E-state index in [0.29, 0.717) is 29.9 Å². The zero-order valence-electron chi connectivity index (χ0n) is 14.8. The van der Waals surface area contributed by atoms with E-state index in [1.807, 2.05) is 26.0 Å². The van der Waals surface area contributed by atoms with E-state index in [0.717, 1.165) is 5.56 Å². The molecule has 0 bridgehead atoms. The van der Waals surface area contributed by atoms with Gasteiger partial charge in [-0.3, -0.25) is 14.6 Å². The van der Waals surface area contributed by atoms with Crippen molar-refractivity contribution in [2.24, 2.45) is 5.92 Å². The Morgan fingerprint density at radius 3 is 2.69 bits per heavy atom. The number of pyridine rings is 1. The van der Waals surface area contributed by atoms with Crippen LogP contribution < -0.4 is 5.32 Å². The molecule has 6 heteroatoms. The van der Waals surface area contributed by atoms with Crippen LogP contribution in [0.25, 0.3) is 11.3 Å². The van der Waals surface area contributed by atoms with Crippen molar-refractivity contribution in [3.63, 3.8) is 0 Å². The smallest absolute Gasteiger partial charge is 0.254 e. The van der Waals surface area contributed by atoms with Crippen molar-refractivity contribution in [2.45, 2.75) is 19.9 Å². The van der Waals surface area contributed by atoms with Crippen LogP contribution in [0, 0.1) is 17.2 Å². The van der Waals surface area contributed by atoms with Gasteiger partial charge >= 0.3 is 0 Å². The van der Waals surface area contributed by atoms with E-state index in [1.54, 1.807) is 35.4 Å². The second-order valence-corrected chi connectivity index (χ2v) is 6.60. The van der Waals surface area contributed by atoms with Crippen LogP contribution in [-0.2, 0) is 4.79 Å². The van der Waals surface area contributed by atoms with Gasteiger partial charge in [-0.05, 0) is 30.2 Å². The van der Waals surface area contributed by atoms with E-state index in [1.165, 1.54) is 0 Å². The van der Waals surface area contributed by atoms with Gasteiger partial charge in [-0.25, -0.2) is 0 Å². The zero-order valence-corrected chi connectivity index (χ0v) is 14.8. The quantitative estimate of drug-likeness (QED) is 0.921. The fourth-order valence-corrected chi connectivity index (χ4v) is 3.18. The summed E-state index contributed by atoms with van der Waals surface area (Å²) in [7, 11) is 0. The lowest BCUT2D eigenvalue weighted by Crippen LogP contribution is -2.59. The Morgan fingerprint density at radius 2 is 2.04 bits per heavy atom. The van der Waals surface area contributed by atoms with E-state index in [2.05, 4.69) is 16.4 Å². The number of rotatable bonds is 3. The van der Waals surface area contributed by atoms with Crippen LogP contribution in [-0.4, -0.2) is 40.8 Å². The number of benzene rings is 1. The van der Waals surface area contributed by atoms with E-state index >= 15 is 0 Å². The highest BCUT2D eigenvalue weighted by atomic mass is 16.2. The van der Waals surface area contributed by atoms with Gasteiger partial charge in [0.15, 0.2) is 0 Å². The molecule has 2 aromatic rings. The molecule has 1 aliphatic rings. The molecular weight excluding hydrogens is 328 g/mol. The molecule has 1 N–H and O–H groups in total. The predicted octanol–water partition coefficient (Wildman–Crippen LogP) is 2.22. The lowest BCUT2D eigenvalue weighted by atomic mass is 9.98. The number of hydrogen-bond acceptors (Lipinski definition) is 4. The Kier molecular flexibility index (Phi) is 4.99. The third-order valence-electron chi connectivity index (χ3n) is 4.47. The standard InChI is InChI=1S/C20H20N4O2/c1-13(2)18-19(25)23-9-10-24(18)20(26)16-5-3-15(4-6-16)17-11-14(12-21)7-8-22-17/h3-8,11,13,18H,9-10H2,1-2H3,(H,23,25)/t18-/m0/s1. The van der Waals surface area contributed by atoms with Gasteiger partial charge in [0.2, 0.25) is 5.91 Å². The number of carbonyl (C=O) groups excluding carboxylic acids is 2. The van der Waals surface area contributed by atoms with Gasteiger partial charge in [-0.1, -0.05) is 26.0 Å². The third-order valence-corrected chi connectivity index (χ3v) is 4.47. The van der Waals surface area contributed by atoms with Gasteiger partial charge in [-0.15, -0.1) is 0 Å².